The van der Waals surface area contributed by atoms with Crippen molar-refractivity contribution in [2.45, 2.75) is 31.6 Å². The number of alkyl halides is 3. The molecule has 7 nitrogen and oxygen atoms in total. The minimum Gasteiger partial charge on any atom is -0.484 e. The largest absolute Gasteiger partial charge is 0.484 e. The molecule has 0 unspecified atom stereocenters. The van der Waals surface area contributed by atoms with E-state index in [0.29, 0.717) is 11.3 Å². The fourth-order valence-corrected chi connectivity index (χ4v) is 3.41. The molecule has 3 aromatic rings. The van der Waals surface area contributed by atoms with Crippen LogP contribution in [0.25, 0.3) is 11.0 Å². The summed E-state index contributed by atoms with van der Waals surface area (Å²) in [5.74, 6) is -0.664. The number of hydrogen-bond donors (Lipinski definition) is 1. The van der Waals surface area contributed by atoms with E-state index >= 15 is 0 Å². The Labute approximate surface area is 192 Å². The van der Waals surface area contributed by atoms with Crippen molar-refractivity contribution in [3.8, 4) is 5.75 Å². The zero-order chi connectivity index (χ0) is 24.3. The molecule has 1 N–H and O–H groups in total. The fraction of sp³-hybridized carbons (Fsp3) is 0.292. The van der Waals surface area contributed by atoms with Gasteiger partial charge >= 0.3 is 11.8 Å². The Balaban J connectivity index is 1.36. The van der Waals surface area contributed by atoms with Crippen molar-refractivity contribution in [2.75, 3.05) is 13.2 Å². The summed E-state index contributed by atoms with van der Waals surface area (Å²) < 4.78 is 47.6. The molecule has 1 aromatic heterocycles. The van der Waals surface area contributed by atoms with Crippen LogP contribution in [0.5, 0.6) is 5.75 Å². The predicted octanol–water partition coefficient (Wildman–Crippen LogP) is 3.66. The molecule has 0 radical (unpaired) electrons. The van der Waals surface area contributed by atoms with E-state index in [1.165, 1.54) is 18.2 Å². The van der Waals surface area contributed by atoms with Crippen molar-refractivity contribution >= 4 is 22.8 Å². The monoisotopic (exact) mass is 474 g/mol. The van der Waals surface area contributed by atoms with E-state index in [9.17, 15) is 27.6 Å². The number of benzene rings is 2. The van der Waals surface area contributed by atoms with Gasteiger partial charge in [-0.2, -0.15) is 13.2 Å². The second-order valence-corrected chi connectivity index (χ2v) is 7.99. The Morgan fingerprint density at radius 3 is 2.44 bits per heavy atom. The summed E-state index contributed by atoms with van der Waals surface area (Å²) in [6.45, 7) is -1.33. The summed E-state index contributed by atoms with van der Waals surface area (Å²) in [6, 6.07) is 14.1. The third-order valence-corrected chi connectivity index (χ3v) is 5.28. The molecule has 1 aliphatic carbocycles. The maximum Gasteiger partial charge on any atom is 0.405 e. The Hall–Kier alpha value is -3.82. The quantitative estimate of drug-likeness (QED) is 0.504. The van der Waals surface area contributed by atoms with Gasteiger partial charge in [0.15, 0.2) is 6.61 Å². The molecule has 0 saturated heterocycles. The Kier molecular flexibility index (Phi) is 6.58. The van der Waals surface area contributed by atoms with E-state index in [4.69, 9.17) is 9.15 Å². The van der Waals surface area contributed by atoms with Crippen molar-refractivity contribution in [2.24, 2.45) is 0 Å². The lowest BCUT2D eigenvalue weighted by Gasteiger charge is -2.23. The van der Waals surface area contributed by atoms with Gasteiger partial charge < -0.3 is 19.4 Å². The Morgan fingerprint density at radius 2 is 1.76 bits per heavy atom. The zero-order valence-corrected chi connectivity index (χ0v) is 17.9. The molecule has 0 spiro atoms. The number of rotatable bonds is 8. The molecule has 2 amide bonds. The molecule has 34 heavy (non-hydrogen) atoms. The van der Waals surface area contributed by atoms with E-state index in [1.807, 2.05) is 5.32 Å². The summed E-state index contributed by atoms with van der Waals surface area (Å²) in [7, 11) is 0. The van der Waals surface area contributed by atoms with Gasteiger partial charge in [-0.1, -0.05) is 12.1 Å². The average Bonchev–Trinajstić information content (AvgIpc) is 3.64. The molecule has 4 rings (SSSR count). The van der Waals surface area contributed by atoms with Crippen molar-refractivity contribution in [3.63, 3.8) is 0 Å². The lowest BCUT2D eigenvalue weighted by molar-refractivity contribution is -0.134. The molecule has 1 saturated carbocycles. The predicted molar refractivity (Wildman–Crippen MR) is 116 cm³/mol. The van der Waals surface area contributed by atoms with Crippen LogP contribution < -0.4 is 15.7 Å². The molecule has 178 valence electrons. The van der Waals surface area contributed by atoms with Crippen LogP contribution in [0.1, 0.15) is 28.8 Å². The standard InChI is InChI=1S/C24H21F3N2O5/c25-24(26,27)14-28-23(32)17-3-1-15(2-4-17)12-29(18-7-8-18)21(30)13-33-19-9-5-16-6-10-22(31)34-20(16)11-19/h1-6,9-11,18H,7-8,12-14H2,(H,28,32). The van der Waals surface area contributed by atoms with Crippen LogP contribution in [0, 0.1) is 0 Å². The van der Waals surface area contributed by atoms with Gasteiger partial charge in [-0.15, -0.1) is 0 Å². The van der Waals surface area contributed by atoms with Gasteiger partial charge in [-0.05, 0) is 48.7 Å². The molecule has 0 aliphatic heterocycles. The Morgan fingerprint density at radius 1 is 1.06 bits per heavy atom. The smallest absolute Gasteiger partial charge is 0.405 e. The number of nitrogens with zero attached hydrogens (tertiary/aromatic N) is 1. The number of fused-ring (bicyclic) bond motifs is 1. The van der Waals surface area contributed by atoms with Crippen molar-refractivity contribution < 1.29 is 31.9 Å². The Bertz CT molecular complexity index is 1250. The third-order valence-electron chi connectivity index (χ3n) is 5.28. The van der Waals surface area contributed by atoms with Gasteiger partial charge in [-0.3, -0.25) is 9.59 Å². The number of carbonyl (C=O) groups is 2. The van der Waals surface area contributed by atoms with Gasteiger partial charge in [0.1, 0.15) is 17.9 Å². The number of nitrogens with one attached hydrogen (secondary N) is 1. The summed E-state index contributed by atoms with van der Waals surface area (Å²) in [5, 5.41) is 2.55. The molecule has 0 bridgehead atoms. The van der Waals surface area contributed by atoms with Crippen LogP contribution in [0.3, 0.4) is 0 Å². The van der Waals surface area contributed by atoms with Crippen LogP contribution in [0.2, 0.25) is 0 Å². The molecule has 1 heterocycles. The van der Waals surface area contributed by atoms with E-state index in [1.54, 1.807) is 41.3 Å². The SMILES string of the molecule is O=C(NCC(F)(F)F)c1ccc(CN(C(=O)COc2ccc3ccc(=O)oc3c2)C2CC2)cc1. The van der Waals surface area contributed by atoms with Crippen LogP contribution in [-0.4, -0.2) is 42.1 Å². The van der Waals surface area contributed by atoms with Crippen molar-refractivity contribution in [1.29, 1.82) is 0 Å². The lowest BCUT2D eigenvalue weighted by Crippen LogP contribution is -2.36. The zero-order valence-electron chi connectivity index (χ0n) is 17.9. The molecule has 1 fully saturated rings. The minimum atomic E-state index is -4.48. The highest BCUT2D eigenvalue weighted by atomic mass is 19.4. The molecule has 10 heteroatoms. The third kappa shape index (κ3) is 6.15. The number of ether oxygens (including phenoxy) is 1. The minimum absolute atomic E-state index is 0.0838. The first kappa shape index (κ1) is 23.3. The first-order valence-electron chi connectivity index (χ1n) is 10.6. The first-order chi connectivity index (χ1) is 16.2. The maximum absolute atomic E-state index is 12.8. The summed E-state index contributed by atoms with van der Waals surface area (Å²) in [6.07, 6.45) is -2.75. The second kappa shape index (κ2) is 9.58. The molecule has 0 atom stereocenters. The van der Waals surface area contributed by atoms with E-state index < -0.39 is 24.3 Å². The van der Waals surface area contributed by atoms with Crippen molar-refractivity contribution in [1.82, 2.24) is 10.2 Å². The van der Waals surface area contributed by atoms with Crippen LogP contribution in [-0.2, 0) is 11.3 Å². The number of carbonyl (C=O) groups excluding carboxylic acids is 2. The second-order valence-electron chi connectivity index (χ2n) is 7.99. The van der Waals surface area contributed by atoms with Gasteiger partial charge in [0.25, 0.3) is 11.8 Å². The van der Waals surface area contributed by atoms with Crippen LogP contribution in [0.4, 0.5) is 13.2 Å². The van der Waals surface area contributed by atoms with Crippen LogP contribution in [0.15, 0.2) is 63.8 Å². The van der Waals surface area contributed by atoms with Crippen LogP contribution >= 0.6 is 0 Å². The van der Waals surface area contributed by atoms with E-state index in [-0.39, 0.29) is 30.7 Å². The summed E-state index contributed by atoms with van der Waals surface area (Å²) in [5.41, 5.74) is 0.712. The molecule has 2 aromatic carbocycles. The molecule has 1 aliphatic rings. The average molecular weight is 474 g/mol. The van der Waals surface area contributed by atoms with Crippen molar-refractivity contribution in [3.05, 3.63) is 76.1 Å². The normalized spacial score (nSPS) is 13.5. The molecular weight excluding hydrogens is 453 g/mol. The van der Waals surface area contributed by atoms with Gasteiger partial charge in [0, 0.05) is 35.7 Å². The highest BCUT2D eigenvalue weighted by Crippen LogP contribution is 2.29. The van der Waals surface area contributed by atoms with E-state index in [0.717, 1.165) is 23.8 Å². The number of halogens is 3. The summed E-state index contributed by atoms with van der Waals surface area (Å²) in [4.78, 5) is 37.8. The van der Waals surface area contributed by atoms with Gasteiger partial charge in [-0.25, -0.2) is 4.79 Å². The lowest BCUT2D eigenvalue weighted by atomic mass is 10.1. The van der Waals surface area contributed by atoms with Gasteiger partial charge in [0.05, 0.1) is 0 Å². The van der Waals surface area contributed by atoms with Gasteiger partial charge in [0.2, 0.25) is 0 Å². The highest BCUT2D eigenvalue weighted by molar-refractivity contribution is 5.94. The number of amides is 2. The fourth-order valence-electron chi connectivity index (χ4n) is 3.41. The molecular formula is C24H21F3N2O5. The number of hydrogen-bond acceptors (Lipinski definition) is 5. The highest BCUT2D eigenvalue weighted by Gasteiger charge is 2.33. The van der Waals surface area contributed by atoms with E-state index in [2.05, 4.69) is 0 Å². The summed E-state index contributed by atoms with van der Waals surface area (Å²) >= 11 is 0. The maximum atomic E-state index is 12.8. The first-order valence-corrected chi connectivity index (χ1v) is 10.6. The topological polar surface area (TPSA) is 88.9 Å².